The van der Waals surface area contributed by atoms with Gasteiger partial charge in [-0.15, -0.1) is 36.2 Å². The lowest BCUT2D eigenvalue weighted by Gasteiger charge is -2.35. The molecule has 9 heteroatoms. The van der Waals surface area contributed by atoms with Gasteiger partial charge in [0.1, 0.15) is 0 Å². The van der Waals surface area contributed by atoms with Crippen LogP contribution in [0.4, 0.5) is 13.2 Å². The molecule has 0 bridgehead atoms. The first kappa shape index (κ1) is 20.5. The molecule has 1 fully saturated rings. The molecule has 1 aromatic heterocycles. The number of thiophene rings is 1. The number of halogens is 6. The minimum atomic E-state index is -4.14. The average molecular weight is 416 g/mol. The second-order valence-corrected chi connectivity index (χ2v) is 6.06. The van der Waals surface area contributed by atoms with E-state index in [0.717, 1.165) is 22.4 Å². The Morgan fingerprint density at radius 3 is 2.35 bits per heavy atom. The molecular formula is C11H16BrCl2F3N2S. The van der Waals surface area contributed by atoms with Crippen molar-refractivity contribution in [1.82, 2.24) is 10.2 Å². The summed E-state index contributed by atoms with van der Waals surface area (Å²) in [6.45, 7) is 2.81. The number of nitrogens with zero attached hydrogens (tertiary/aromatic N) is 1. The summed E-state index contributed by atoms with van der Waals surface area (Å²) in [6.07, 6.45) is -4.93. The van der Waals surface area contributed by atoms with Gasteiger partial charge in [-0.2, -0.15) is 13.2 Å². The molecule has 118 valence electrons. The number of alkyl halides is 3. The van der Waals surface area contributed by atoms with Gasteiger partial charge in [0.15, 0.2) is 0 Å². The van der Waals surface area contributed by atoms with Crippen molar-refractivity contribution in [1.29, 1.82) is 0 Å². The molecule has 0 spiro atoms. The van der Waals surface area contributed by atoms with E-state index in [-0.39, 0.29) is 24.8 Å². The molecule has 0 radical (unpaired) electrons. The Morgan fingerprint density at radius 1 is 1.30 bits per heavy atom. The van der Waals surface area contributed by atoms with Crippen LogP contribution in [-0.4, -0.2) is 37.3 Å². The number of hydrogen-bond donors (Lipinski definition) is 1. The van der Waals surface area contributed by atoms with E-state index in [1.807, 2.05) is 16.3 Å². The Labute approximate surface area is 141 Å². The van der Waals surface area contributed by atoms with E-state index in [1.165, 1.54) is 11.3 Å². The van der Waals surface area contributed by atoms with Gasteiger partial charge in [-0.05, 0) is 27.4 Å². The van der Waals surface area contributed by atoms with Gasteiger partial charge in [0.05, 0.1) is 12.5 Å². The zero-order valence-corrected chi connectivity index (χ0v) is 14.5. The van der Waals surface area contributed by atoms with Crippen LogP contribution in [0.2, 0.25) is 0 Å². The van der Waals surface area contributed by atoms with Crippen molar-refractivity contribution >= 4 is 52.1 Å². The summed E-state index contributed by atoms with van der Waals surface area (Å²) in [7, 11) is 0. The zero-order valence-electron chi connectivity index (χ0n) is 10.5. The third-order valence-corrected chi connectivity index (χ3v) is 4.94. The van der Waals surface area contributed by atoms with Crippen LogP contribution in [0.1, 0.15) is 17.3 Å². The third-order valence-electron chi connectivity index (χ3n) is 2.96. The van der Waals surface area contributed by atoms with Crippen molar-refractivity contribution in [3.63, 3.8) is 0 Å². The van der Waals surface area contributed by atoms with Crippen molar-refractivity contribution in [2.45, 2.75) is 18.6 Å². The lowest BCUT2D eigenvalue weighted by atomic mass is 10.1. The summed E-state index contributed by atoms with van der Waals surface area (Å²) < 4.78 is 39.0. The summed E-state index contributed by atoms with van der Waals surface area (Å²) >= 11 is 4.72. The van der Waals surface area contributed by atoms with Crippen molar-refractivity contribution in [2.24, 2.45) is 0 Å². The van der Waals surface area contributed by atoms with Crippen molar-refractivity contribution in [3.05, 3.63) is 20.8 Å². The molecule has 20 heavy (non-hydrogen) atoms. The highest BCUT2D eigenvalue weighted by atomic mass is 79.9. The summed E-state index contributed by atoms with van der Waals surface area (Å²) in [5.74, 6) is 0. The standard InChI is InChI=1S/C11H14BrF3N2S.2ClH/c12-8-1-6-18-10(8)9(7-11(13,14)15)17-4-2-16-3-5-17;;/h1,6,9,16H,2-5,7H2;2*1H/t9-;;/m0../s1. The quantitative estimate of drug-likeness (QED) is 0.793. The normalized spacial score (nSPS) is 18.0. The maximum atomic E-state index is 12.7. The van der Waals surface area contributed by atoms with E-state index in [4.69, 9.17) is 0 Å². The van der Waals surface area contributed by atoms with Crippen molar-refractivity contribution < 1.29 is 13.2 Å². The molecule has 0 unspecified atom stereocenters. The van der Waals surface area contributed by atoms with E-state index in [0.29, 0.717) is 13.1 Å². The molecule has 1 N–H and O–H groups in total. The van der Waals surface area contributed by atoms with E-state index >= 15 is 0 Å². The van der Waals surface area contributed by atoms with Crippen molar-refractivity contribution in [2.75, 3.05) is 26.2 Å². The van der Waals surface area contributed by atoms with Crippen LogP contribution in [0.15, 0.2) is 15.9 Å². The Hall–Kier alpha value is 0.470. The lowest BCUT2D eigenvalue weighted by molar-refractivity contribution is -0.148. The van der Waals surface area contributed by atoms with Crippen LogP contribution in [0.25, 0.3) is 0 Å². The maximum Gasteiger partial charge on any atom is 0.390 e. The average Bonchev–Trinajstić information content (AvgIpc) is 2.72. The van der Waals surface area contributed by atoms with Crippen molar-refractivity contribution in [3.8, 4) is 0 Å². The SMILES string of the molecule is Cl.Cl.FC(F)(F)C[C@@H](c1sccc1Br)N1CCNCC1. The van der Waals surface area contributed by atoms with Gasteiger partial charge in [-0.1, -0.05) is 0 Å². The largest absolute Gasteiger partial charge is 0.390 e. The van der Waals surface area contributed by atoms with Gasteiger partial charge >= 0.3 is 6.18 Å². The second-order valence-electron chi connectivity index (χ2n) is 4.25. The van der Waals surface area contributed by atoms with Gasteiger partial charge in [0.25, 0.3) is 0 Å². The van der Waals surface area contributed by atoms with E-state index in [2.05, 4.69) is 21.2 Å². The number of nitrogens with one attached hydrogen (secondary N) is 1. The first-order chi connectivity index (χ1) is 8.47. The Kier molecular flexibility index (Phi) is 9.01. The number of hydrogen-bond acceptors (Lipinski definition) is 3. The molecule has 0 saturated carbocycles. The topological polar surface area (TPSA) is 15.3 Å². The molecule has 1 aliphatic heterocycles. The predicted octanol–water partition coefficient (Wildman–Crippen LogP) is 4.25. The smallest absolute Gasteiger partial charge is 0.314 e. The summed E-state index contributed by atoms with van der Waals surface area (Å²) in [4.78, 5) is 2.69. The first-order valence-corrected chi connectivity index (χ1v) is 7.39. The van der Waals surface area contributed by atoms with Gasteiger partial charge < -0.3 is 5.32 Å². The fourth-order valence-electron chi connectivity index (χ4n) is 2.14. The van der Waals surface area contributed by atoms with Crippen LogP contribution in [0.3, 0.4) is 0 Å². The van der Waals surface area contributed by atoms with Crippen LogP contribution in [0.5, 0.6) is 0 Å². The highest BCUT2D eigenvalue weighted by Crippen LogP contribution is 2.39. The highest BCUT2D eigenvalue weighted by Gasteiger charge is 2.37. The second kappa shape index (κ2) is 8.80. The fraction of sp³-hybridized carbons (Fsp3) is 0.636. The van der Waals surface area contributed by atoms with Crippen LogP contribution < -0.4 is 5.32 Å². The predicted molar refractivity (Wildman–Crippen MR) is 84.4 cm³/mol. The zero-order chi connectivity index (χ0) is 13.2. The molecule has 2 heterocycles. The monoisotopic (exact) mass is 414 g/mol. The highest BCUT2D eigenvalue weighted by molar-refractivity contribution is 9.10. The molecule has 1 aromatic rings. The fourth-order valence-corrected chi connectivity index (χ4v) is 3.92. The number of piperazine rings is 1. The molecule has 1 aliphatic rings. The Morgan fingerprint density at radius 2 is 1.90 bits per heavy atom. The molecule has 1 atom stereocenters. The summed E-state index contributed by atoms with van der Waals surface area (Å²) in [5.41, 5.74) is 0. The molecule has 1 saturated heterocycles. The molecule has 0 aliphatic carbocycles. The van der Waals surface area contributed by atoms with Gasteiger partial charge in [-0.3, -0.25) is 4.90 Å². The molecule has 2 nitrogen and oxygen atoms in total. The van der Waals surface area contributed by atoms with E-state index in [9.17, 15) is 13.2 Å². The maximum absolute atomic E-state index is 12.7. The van der Waals surface area contributed by atoms with Crippen LogP contribution >= 0.6 is 52.1 Å². The first-order valence-electron chi connectivity index (χ1n) is 5.72. The molecular weight excluding hydrogens is 400 g/mol. The third kappa shape index (κ3) is 5.69. The molecule has 2 rings (SSSR count). The lowest BCUT2D eigenvalue weighted by Crippen LogP contribution is -2.46. The number of rotatable bonds is 3. The van der Waals surface area contributed by atoms with E-state index < -0.39 is 18.6 Å². The summed E-state index contributed by atoms with van der Waals surface area (Å²) in [6, 6.07) is 1.24. The summed E-state index contributed by atoms with van der Waals surface area (Å²) in [5, 5.41) is 4.99. The van der Waals surface area contributed by atoms with Crippen LogP contribution in [0, 0.1) is 0 Å². The Balaban J connectivity index is 0.00000180. The molecule has 0 amide bonds. The van der Waals surface area contributed by atoms with Gasteiger partial charge in [0, 0.05) is 35.5 Å². The molecule has 0 aromatic carbocycles. The minimum Gasteiger partial charge on any atom is -0.314 e. The van der Waals surface area contributed by atoms with Crippen LogP contribution in [-0.2, 0) is 0 Å². The van der Waals surface area contributed by atoms with E-state index in [1.54, 1.807) is 0 Å². The minimum absolute atomic E-state index is 0. The Bertz CT molecular complexity index is 397. The van der Waals surface area contributed by atoms with Gasteiger partial charge in [-0.25, -0.2) is 0 Å². The van der Waals surface area contributed by atoms with Gasteiger partial charge in [0.2, 0.25) is 0 Å².